The van der Waals surface area contributed by atoms with E-state index in [1.807, 2.05) is 55.5 Å². The van der Waals surface area contributed by atoms with Crippen molar-refractivity contribution in [3.63, 3.8) is 0 Å². The summed E-state index contributed by atoms with van der Waals surface area (Å²) in [7, 11) is 0. The fraction of sp³-hybridized carbons (Fsp3) is 0.484. The molecule has 15 heteroatoms. The van der Waals surface area contributed by atoms with Gasteiger partial charge in [0, 0.05) is 18.5 Å². The molecule has 1 unspecified atom stereocenters. The van der Waals surface area contributed by atoms with Crippen LogP contribution in [0.1, 0.15) is 71.6 Å². The molecule has 3 N–H and O–H groups in total. The number of aliphatic carboxylic acids is 1. The Morgan fingerprint density at radius 2 is 1.61 bits per heavy atom. The van der Waals surface area contributed by atoms with E-state index in [0.29, 0.717) is 37.1 Å². The summed E-state index contributed by atoms with van der Waals surface area (Å²) in [4.78, 5) is 44.2. The zero-order valence-electron chi connectivity index (χ0n) is 26.5. The third kappa shape index (κ3) is 10.6. The van der Waals surface area contributed by atoms with Gasteiger partial charge in [0.25, 0.3) is 0 Å². The maximum Gasteiger partial charge on any atom is 0.510 e. The lowest BCUT2D eigenvalue weighted by molar-refractivity contribution is -0.492. The number of tetrazole rings is 1. The average Bonchev–Trinajstić information content (AvgIpc) is 3.52. The molecule has 250 valence electrons. The van der Waals surface area contributed by atoms with Gasteiger partial charge in [0.15, 0.2) is 0 Å². The minimum atomic E-state index is -1.02. The molecule has 2 atom stereocenters. The highest BCUT2D eigenvalue weighted by molar-refractivity contribution is 5.84. The van der Waals surface area contributed by atoms with Gasteiger partial charge in [-0.15, -0.1) is 15.0 Å². The van der Waals surface area contributed by atoms with Crippen molar-refractivity contribution < 1.29 is 44.2 Å². The Morgan fingerprint density at radius 3 is 2.24 bits per heavy atom. The summed E-state index contributed by atoms with van der Waals surface area (Å²) >= 11 is 0. The highest BCUT2D eigenvalue weighted by atomic mass is 17.1. The minimum Gasteiger partial charge on any atom is -0.480 e. The fourth-order valence-electron chi connectivity index (χ4n) is 4.72. The summed E-state index contributed by atoms with van der Waals surface area (Å²) in [5.41, 5.74) is 3.15. The summed E-state index contributed by atoms with van der Waals surface area (Å²) in [5.74, 6) is -1.15. The Morgan fingerprint density at radius 1 is 0.935 bits per heavy atom. The van der Waals surface area contributed by atoms with E-state index in [1.165, 1.54) is 4.90 Å². The number of carbonyl (C=O) groups is 3. The van der Waals surface area contributed by atoms with Crippen molar-refractivity contribution in [1.82, 2.24) is 30.5 Å². The van der Waals surface area contributed by atoms with Crippen LogP contribution >= 0.6 is 0 Å². The number of carboxylic acids is 1. The molecule has 1 heterocycles. The highest BCUT2D eigenvalue weighted by Gasteiger charge is 2.32. The SMILES string of the molecule is CCCCC(=O)N(Cc1ccc(-c2ccccc2-c2nnn(C(C)OC(=O)OCCCCON(O)O)n2)cc1)[C@H](C(=O)O)C(C)C. The quantitative estimate of drug-likeness (QED) is 0.0945. The molecule has 2 aromatic carbocycles. The number of ether oxygens (including phenoxy) is 2. The number of rotatable bonds is 18. The standard InChI is InChI=1S/C31H42N6O9/c1-5-6-13-27(38)35(28(21(2)3)30(39)40)20-23-14-16-24(17-15-23)25-11-7-8-12-26(25)29-32-34-36(33-29)22(4)46-31(41)44-18-9-10-19-45-37(42)43/h7-8,11-12,14-17,21-22,28,42-43H,5-6,9-10,13,18-20H2,1-4H3,(H,39,40)/t22?,28-/m0/s1. The molecule has 0 aliphatic carbocycles. The Hall–Kier alpha value is -4.44. The molecule has 1 aromatic heterocycles. The van der Waals surface area contributed by atoms with Crippen molar-refractivity contribution in [2.45, 2.75) is 78.6 Å². The number of hydrogen-bond donors (Lipinski definition) is 3. The topological polar surface area (TPSA) is 190 Å². The number of hydrogen-bond acceptors (Lipinski definition) is 12. The van der Waals surface area contributed by atoms with Crippen LogP contribution in [0.15, 0.2) is 48.5 Å². The van der Waals surface area contributed by atoms with Crippen molar-refractivity contribution in [2.75, 3.05) is 13.2 Å². The number of unbranched alkanes of at least 4 members (excludes halogenated alkanes) is 2. The van der Waals surface area contributed by atoms with Crippen molar-refractivity contribution in [1.29, 1.82) is 0 Å². The fourth-order valence-corrected chi connectivity index (χ4v) is 4.72. The number of nitrogens with zero attached hydrogens (tertiary/aromatic N) is 6. The summed E-state index contributed by atoms with van der Waals surface area (Å²) < 4.78 is 10.2. The van der Waals surface area contributed by atoms with Crippen molar-refractivity contribution in [3.8, 4) is 22.5 Å². The number of benzene rings is 2. The molecule has 0 aliphatic heterocycles. The van der Waals surface area contributed by atoms with E-state index in [-0.39, 0.29) is 37.0 Å². The zero-order chi connectivity index (χ0) is 33.6. The molecule has 0 aliphatic rings. The van der Waals surface area contributed by atoms with E-state index in [2.05, 4.69) is 20.2 Å². The van der Waals surface area contributed by atoms with E-state index >= 15 is 0 Å². The van der Waals surface area contributed by atoms with Crippen LogP contribution in [0.5, 0.6) is 0 Å². The van der Waals surface area contributed by atoms with E-state index in [1.54, 1.807) is 20.8 Å². The molecule has 0 radical (unpaired) electrons. The van der Waals surface area contributed by atoms with Crippen molar-refractivity contribution in [3.05, 3.63) is 54.1 Å². The lowest BCUT2D eigenvalue weighted by atomic mass is 9.97. The molecule has 0 fully saturated rings. The molecular weight excluding hydrogens is 600 g/mol. The molecule has 0 saturated heterocycles. The first-order valence-electron chi connectivity index (χ1n) is 15.2. The van der Waals surface area contributed by atoms with Crippen LogP contribution in [0.2, 0.25) is 0 Å². The van der Waals surface area contributed by atoms with Crippen LogP contribution in [-0.4, -0.2) is 83.3 Å². The molecule has 46 heavy (non-hydrogen) atoms. The van der Waals surface area contributed by atoms with Crippen LogP contribution in [0.25, 0.3) is 22.5 Å². The number of amides is 1. The molecule has 1 amide bonds. The van der Waals surface area contributed by atoms with Gasteiger partial charge in [0.2, 0.25) is 18.0 Å². The highest BCUT2D eigenvalue weighted by Crippen LogP contribution is 2.30. The molecule has 0 saturated carbocycles. The normalized spacial score (nSPS) is 12.6. The van der Waals surface area contributed by atoms with E-state index < -0.39 is 24.4 Å². The predicted octanol–water partition coefficient (Wildman–Crippen LogP) is 5.10. The summed E-state index contributed by atoms with van der Waals surface area (Å²) in [6.07, 6.45) is 0.817. The second-order valence-electron chi connectivity index (χ2n) is 10.9. The van der Waals surface area contributed by atoms with Crippen LogP contribution < -0.4 is 0 Å². The molecule has 15 nitrogen and oxygen atoms in total. The van der Waals surface area contributed by atoms with Gasteiger partial charge in [0.1, 0.15) is 6.04 Å². The largest absolute Gasteiger partial charge is 0.510 e. The van der Waals surface area contributed by atoms with Gasteiger partial charge in [0.05, 0.1) is 18.6 Å². The van der Waals surface area contributed by atoms with E-state index in [0.717, 1.165) is 27.9 Å². The van der Waals surface area contributed by atoms with E-state index in [4.69, 9.17) is 19.9 Å². The van der Waals surface area contributed by atoms with Crippen LogP contribution in [0.4, 0.5) is 4.79 Å². The Balaban J connectivity index is 1.70. The Labute approximate surface area is 267 Å². The summed E-state index contributed by atoms with van der Waals surface area (Å²) in [6, 6.07) is 14.1. The third-order valence-electron chi connectivity index (χ3n) is 7.06. The van der Waals surface area contributed by atoms with Gasteiger partial charge >= 0.3 is 12.1 Å². The molecule has 0 spiro atoms. The van der Waals surface area contributed by atoms with Crippen molar-refractivity contribution >= 4 is 18.0 Å². The monoisotopic (exact) mass is 642 g/mol. The van der Waals surface area contributed by atoms with Gasteiger partial charge in [-0.1, -0.05) is 75.7 Å². The minimum absolute atomic E-state index is 0.0311. The van der Waals surface area contributed by atoms with Crippen molar-refractivity contribution in [2.24, 2.45) is 5.92 Å². The first kappa shape index (κ1) is 36.0. The first-order chi connectivity index (χ1) is 22.0. The molecule has 3 aromatic rings. The second kappa shape index (κ2) is 17.9. The second-order valence-corrected chi connectivity index (χ2v) is 10.9. The summed E-state index contributed by atoms with van der Waals surface area (Å²) in [6.45, 7) is 7.40. The number of carboxylic acid groups (broad SMARTS) is 1. The molecule has 0 bridgehead atoms. The summed E-state index contributed by atoms with van der Waals surface area (Å²) in [5, 5.41) is 39.1. The van der Waals surface area contributed by atoms with Gasteiger partial charge in [-0.3, -0.25) is 20.0 Å². The van der Waals surface area contributed by atoms with Gasteiger partial charge in [-0.05, 0) is 54.0 Å². The number of aromatic nitrogens is 4. The Bertz CT molecular complexity index is 1410. The maximum absolute atomic E-state index is 13.0. The lowest BCUT2D eigenvalue weighted by Gasteiger charge is -2.32. The van der Waals surface area contributed by atoms with Crippen LogP contribution in [0, 0.1) is 5.92 Å². The zero-order valence-corrected chi connectivity index (χ0v) is 26.5. The third-order valence-corrected chi connectivity index (χ3v) is 7.06. The van der Waals surface area contributed by atoms with Gasteiger partial charge in [-0.2, -0.15) is 0 Å². The van der Waals surface area contributed by atoms with Crippen LogP contribution in [-0.2, 0) is 30.4 Å². The lowest BCUT2D eigenvalue weighted by Crippen LogP contribution is -2.47. The smallest absolute Gasteiger partial charge is 0.480 e. The molecule has 3 rings (SSSR count). The molecular formula is C31H42N6O9. The van der Waals surface area contributed by atoms with Gasteiger partial charge in [-0.25, -0.2) is 9.59 Å². The first-order valence-corrected chi connectivity index (χ1v) is 15.2. The average molecular weight is 643 g/mol. The van der Waals surface area contributed by atoms with E-state index in [9.17, 15) is 19.5 Å². The predicted molar refractivity (Wildman–Crippen MR) is 163 cm³/mol. The number of carbonyl (C=O) groups excluding carboxylic acids is 2. The van der Waals surface area contributed by atoms with Crippen LogP contribution in [0.3, 0.4) is 0 Å². The van der Waals surface area contributed by atoms with Gasteiger partial charge < -0.3 is 19.5 Å². The Kier molecular flexibility index (Phi) is 14.0. The maximum atomic E-state index is 13.0.